The van der Waals surface area contributed by atoms with Crippen LogP contribution in [0.1, 0.15) is 44.1 Å². The first kappa shape index (κ1) is 21.9. The minimum absolute atomic E-state index is 0.0125. The van der Waals surface area contributed by atoms with Crippen molar-refractivity contribution in [2.45, 2.75) is 46.1 Å². The number of aromatic nitrogens is 4. The summed E-state index contributed by atoms with van der Waals surface area (Å²) in [4.78, 5) is 27.7. The van der Waals surface area contributed by atoms with Crippen molar-refractivity contribution in [3.05, 3.63) is 41.5 Å². The van der Waals surface area contributed by atoms with Gasteiger partial charge in [0.25, 0.3) is 0 Å². The van der Waals surface area contributed by atoms with E-state index >= 15 is 0 Å². The number of halogens is 1. The summed E-state index contributed by atoms with van der Waals surface area (Å²) in [6, 6.07) is 5.49. The van der Waals surface area contributed by atoms with Gasteiger partial charge in [0.1, 0.15) is 17.7 Å². The smallest absolute Gasteiger partial charge is 0.247 e. The van der Waals surface area contributed by atoms with Gasteiger partial charge in [-0.25, -0.2) is 9.07 Å². The number of benzene rings is 1. The average Bonchev–Trinajstić information content (AvgIpc) is 3.15. The second-order valence-corrected chi connectivity index (χ2v) is 8.28. The van der Waals surface area contributed by atoms with Crippen LogP contribution in [0, 0.1) is 24.6 Å². The van der Waals surface area contributed by atoms with E-state index in [9.17, 15) is 14.0 Å². The topological polar surface area (TPSA) is 93.0 Å². The molecule has 1 aromatic heterocycles. The van der Waals surface area contributed by atoms with E-state index in [0.29, 0.717) is 36.9 Å². The van der Waals surface area contributed by atoms with Crippen LogP contribution in [-0.4, -0.2) is 56.6 Å². The van der Waals surface area contributed by atoms with E-state index in [1.165, 1.54) is 16.8 Å². The van der Waals surface area contributed by atoms with E-state index in [0.717, 1.165) is 12.8 Å². The number of tetrazole rings is 1. The zero-order valence-corrected chi connectivity index (χ0v) is 17.7. The number of amides is 2. The molecule has 9 heteroatoms. The maximum Gasteiger partial charge on any atom is 0.247 e. The van der Waals surface area contributed by atoms with Gasteiger partial charge in [-0.3, -0.25) is 9.59 Å². The van der Waals surface area contributed by atoms with Gasteiger partial charge in [0.05, 0.1) is 5.92 Å². The number of aryl methyl sites for hydroxylation is 1. The number of likely N-dealkylation sites (tertiary alicyclic amines) is 1. The van der Waals surface area contributed by atoms with Crippen molar-refractivity contribution in [3.8, 4) is 0 Å². The molecule has 2 aromatic rings. The highest BCUT2D eigenvalue weighted by molar-refractivity contribution is 5.83. The Balaban J connectivity index is 1.77. The van der Waals surface area contributed by atoms with E-state index in [2.05, 4.69) is 20.8 Å². The van der Waals surface area contributed by atoms with Crippen molar-refractivity contribution >= 4 is 11.8 Å². The molecule has 1 aliphatic rings. The van der Waals surface area contributed by atoms with Crippen molar-refractivity contribution in [2.24, 2.45) is 11.8 Å². The van der Waals surface area contributed by atoms with E-state index in [4.69, 9.17) is 0 Å². The fourth-order valence-corrected chi connectivity index (χ4v) is 3.74. The van der Waals surface area contributed by atoms with E-state index in [-0.39, 0.29) is 30.0 Å². The molecule has 2 amide bonds. The van der Waals surface area contributed by atoms with Crippen molar-refractivity contribution in [1.29, 1.82) is 0 Å². The highest BCUT2D eigenvalue weighted by atomic mass is 19.1. The fourth-order valence-electron chi connectivity index (χ4n) is 3.74. The molecule has 30 heavy (non-hydrogen) atoms. The number of nitrogens with zero attached hydrogens (tertiary/aromatic N) is 5. The lowest BCUT2D eigenvalue weighted by atomic mass is 9.95. The molecule has 0 spiro atoms. The molecule has 3 rings (SSSR count). The molecule has 1 saturated heterocycles. The minimum atomic E-state index is -0.695. The molecule has 2 atom stereocenters. The molecule has 162 valence electrons. The van der Waals surface area contributed by atoms with Crippen LogP contribution in [0.25, 0.3) is 0 Å². The van der Waals surface area contributed by atoms with Gasteiger partial charge in [-0.1, -0.05) is 26.0 Å². The summed E-state index contributed by atoms with van der Waals surface area (Å²) in [6.45, 7) is 7.38. The Morgan fingerprint density at radius 3 is 2.80 bits per heavy atom. The SMILES string of the molecule is Cc1nnnn1[C@@H](Cc1cccc(F)c1)C(=O)N1CCC[C@@H](C(=O)NCC(C)C)C1. The molecule has 1 aliphatic heterocycles. The number of piperidine rings is 1. The molecule has 0 bridgehead atoms. The summed E-state index contributed by atoms with van der Waals surface area (Å²) in [5.41, 5.74) is 0.687. The second kappa shape index (κ2) is 9.77. The predicted octanol–water partition coefficient (Wildman–Crippen LogP) is 1.92. The Morgan fingerprint density at radius 1 is 1.33 bits per heavy atom. The van der Waals surface area contributed by atoms with Crippen molar-refractivity contribution in [3.63, 3.8) is 0 Å². The van der Waals surface area contributed by atoms with Crippen molar-refractivity contribution in [2.75, 3.05) is 19.6 Å². The average molecular weight is 417 g/mol. The molecule has 0 saturated carbocycles. The third-order valence-corrected chi connectivity index (χ3v) is 5.34. The van der Waals surface area contributed by atoms with Crippen LogP contribution < -0.4 is 5.32 Å². The lowest BCUT2D eigenvalue weighted by molar-refractivity contribution is -0.139. The molecule has 8 nitrogen and oxygen atoms in total. The third-order valence-electron chi connectivity index (χ3n) is 5.34. The number of carbonyl (C=O) groups excluding carboxylic acids is 2. The quantitative estimate of drug-likeness (QED) is 0.744. The summed E-state index contributed by atoms with van der Waals surface area (Å²) >= 11 is 0. The molecule has 0 radical (unpaired) electrons. The van der Waals surface area contributed by atoms with E-state index in [1.807, 2.05) is 13.8 Å². The fraction of sp³-hybridized carbons (Fsp3) is 0.571. The Morgan fingerprint density at radius 2 is 2.13 bits per heavy atom. The first-order valence-electron chi connectivity index (χ1n) is 10.4. The minimum Gasteiger partial charge on any atom is -0.356 e. The number of hydrogen-bond acceptors (Lipinski definition) is 5. The predicted molar refractivity (Wildman–Crippen MR) is 109 cm³/mol. The van der Waals surface area contributed by atoms with Crippen LogP contribution in [0.5, 0.6) is 0 Å². The van der Waals surface area contributed by atoms with Gasteiger partial charge in [-0.05, 0) is 53.8 Å². The Bertz CT molecular complexity index is 884. The van der Waals surface area contributed by atoms with Gasteiger partial charge in [-0.15, -0.1) is 5.10 Å². The number of hydrogen-bond donors (Lipinski definition) is 1. The Labute approximate surface area is 175 Å². The second-order valence-electron chi connectivity index (χ2n) is 8.28. The number of carbonyl (C=O) groups is 2. The van der Waals surface area contributed by atoms with Gasteiger partial charge in [0.15, 0.2) is 0 Å². The van der Waals surface area contributed by atoms with E-state index in [1.54, 1.807) is 24.0 Å². The largest absolute Gasteiger partial charge is 0.356 e. The van der Waals surface area contributed by atoms with Gasteiger partial charge in [0, 0.05) is 26.1 Å². The summed E-state index contributed by atoms with van der Waals surface area (Å²) in [7, 11) is 0. The lowest BCUT2D eigenvalue weighted by Gasteiger charge is -2.34. The van der Waals surface area contributed by atoms with E-state index < -0.39 is 6.04 Å². The van der Waals surface area contributed by atoms with Crippen molar-refractivity contribution < 1.29 is 14.0 Å². The van der Waals surface area contributed by atoms with Crippen molar-refractivity contribution in [1.82, 2.24) is 30.4 Å². The first-order valence-corrected chi connectivity index (χ1v) is 10.4. The summed E-state index contributed by atoms with van der Waals surface area (Å²) in [6.07, 6.45) is 1.78. The normalized spacial score (nSPS) is 17.8. The molecule has 1 N–H and O–H groups in total. The van der Waals surface area contributed by atoms with Crippen LogP contribution in [0.15, 0.2) is 24.3 Å². The highest BCUT2D eigenvalue weighted by Crippen LogP contribution is 2.23. The molecular formula is C21H29FN6O2. The van der Waals surface area contributed by atoms with Gasteiger partial charge in [0.2, 0.25) is 11.8 Å². The van der Waals surface area contributed by atoms with Crippen LogP contribution in [0.3, 0.4) is 0 Å². The van der Waals surface area contributed by atoms with Gasteiger partial charge < -0.3 is 10.2 Å². The summed E-state index contributed by atoms with van der Waals surface area (Å²) in [5.74, 6) is 0.123. The monoisotopic (exact) mass is 416 g/mol. The Kier molecular flexibility index (Phi) is 7.12. The van der Waals surface area contributed by atoms with Crippen LogP contribution in [0.4, 0.5) is 4.39 Å². The van der Waals surface area contributed by atoms with Crippen LogP contribution >= 0.6 is 0 Å². The molecular weight excluding hydrogens is 387 g/mol. The molecule has 2 heterocycles. The number of rotatable bonds is 7. The maximum absolute atomic E-state index is 13.7. The zero-order chi connectivity index (χ0) is 21.7. The van der Waals surface area contributed by atoms with Crippen LogP contribution in [-0.2, 0) is 16.0 Å². The standard InChI is InChI=1S/C21H29FN6O2/c1-14(2)12-23-20(29)17-7-5-9-27(13-17)21(30)19(28-15(3)24-25-26-28)11-16-6-4-8-18(22)10-16/h4,6,8,10,14,17,19H,5,7,9,11-13H2,1-3H3,(H,23,29)/t17-,19+/m1/s1. The lowest BCUT2D eigenvalue weighted by Crippen LogP contribution is -2.48. The Hall–Kier alpha value is -2.84. The molecule has 0 unspecified atom stereocenters. The third kappa shape index (κ3) is 5.40. The molecule has 0 aliphatic carbocycles. The highest BCUT2D eigenvalue weighted by Gasteiger charge is 2.34. The number of nitrogens with one attached hydrogen (secondary N) is 1. The van der Waals surface area contributed by atoms with Gasteiger partial charge in [-0.2, -0.15) is 0 Å². The summed E-state index contributed by atoms with van der Waals surface area (Å²) < 4.78 is 15.2. The first-order chi connectivity index (χ1) is 14.3. The van der Waals surface area contributed by atoms with Crippen LogP contribution in [0.2, 0.25) is 0 Å². The molecule has 1 fully saturated rings. The van der Waals surface area contributed by atoms with Gasteiger partial charge >= 0.3 is 0 Å². The zero-order valence-electron chi connectivity index (χ0n) is 17.7. The maximum atomic E-state index is 13.7. The molecule has 1 aromatic carbocycles. The summed E-state index contributed by atoms with van der Waals surface area (Å²) in [5, 5.41) is 14.5.